The number of carbonyl (C=O) groups is 1. The highest BCUT2D eigenvalue weighted by Crippen LogP contribution is 2.33. The quantitative estimate of drug-likeness (QED) is 0.800. The molecule has 21 heavy (non-hydrogen) atoms. The number of carbonyl (C=O) groups excluding carboxylic acids is 1. The molecule has 2 rings (SSSR count). The number of hydrogen-bond donors (Lipinski definition) is 0. The molecule has 0 radical (unpaired) electrons. The summed E-state index contributed by atoms with van der Waals surface area (Å²) < 4.78 is 7.58. The fourth-order valence-electron chi connectivity index (χ4n) is 2.64. The Bertz CT molecular complexity index is 528. The van der Waals surface area contributed by atoms with Crippen LogP contribution in [0.2, 0.25) is 0 Å². The van der Waals surface area contributed by atoms with Gasteiger partial charge in [-0.25, -0.2) is 9.78 Å². The Morgan fingerprint density at radius 2 is 2.24 bits per heavy atom. The van der Waals surface area contributed by atoms with Crippen LogP contribution in [0.3, 0.4) is 0 Å². The van der Waals surface area contributed by atoms with Gasteiger partial charge in [-0.3, -0.25) is 4.90 Å². The molecule has 0 N–H and O–H groups in total. The van der Waals surface area contributed by atoms with Crippen molar-refractivity contribution in [1.82, 2.24) is 14.5 Å². The lowest BCUT2D eigenvalue weighted by Gasteiger charge is -2.29. The van der Waals surface area contributed by atoms with Crippen LogP contribution >= 0.6 is 0 Å². The number of amides is 1. The van der Waals surface area contributed by atoms with Gasteiger partial charge in [0.05, 0.1) is 24.3 Å². The normalized spacial score (nSPS) is 18.9. The van der Waals surface area contributed by atoms with Gasteiger partial charge in [0.25, 0.3) is 0 Å². The van der Waals surface area contributed by atoms with Crippen molar-refractivity contribution in [1.29, 1.82) is 0 Å². The summed E-state index contributed by atoms with van der Waals surface area (Å²) in [6.45, 7) is 13.1. The van der Waals surface area contributed by atoms with E-state index in [0.29, 0.717) is 0 Å². The summed E-state index contributed by atoms with van der Waals surface area (Å²) in [5.41, 5.74) is 1.65. The summed E-state index contributed by atoms with van der Waals surface area (Å²) in [6.07, 6.45) is 5.34. The Morgan fingerprint density at radius 1 is 1.52 bits per heavy atom. The highest BCUT2D eigenvalue weighted by molar-refractivity contribution is 5.69. The molecule has 0 aliphatic carbocycles. The average Bonchev–Trinajstić information content (AvgIpc) is 2.92. The summed E-state index contributed by atoms with van der Waals surface area (Å²) in [7, 11) is 0. The molecule has 5 nitrogen and oxygen atoms in total. The number of nitrogens with zero attached hydrogens (tertiary/aromatic N) is 3. The molecular weight excluding hydrogens is 266 g/mol. The minimum absolute atomic E-state index is 0.0432. The van der Waals surface area contributed by atoms with Gasteiger partial charge in [0.1, 0.15) is 5.60 Å². The Labute approximate surface area is 126 Å². The van der Waals surface area contributed by atoms with Gasteiger partial charge in [0.2, 0.25) is 0 Å². The van der Waals surface area contributed by atoms with Crippen LogP contribution in [-0.4, -0.2) is 32.7 Å². The van der Waals surface area contributed by atoms with Crippen molar-refractivity contribution in [3.05, 3.63) is 30.4 Å². The number of aromatic nitrogens is 2. The van der Waals surface area contributed by atoms with Crippen molar-refractivity contribution in [3.8, 4) is 0 Å². The fraction of sp³-hybridized carbons (Fsp3) is 0.625. The lowest BCUT2D eigenvalue weighted by atomic mass is 10.1. The number of likely N-dealkylation sites (tertiary alicyclic amines) is 1. The summed E-state index contributed by atoms with van der Waals surface area (Å²) in [4.78, 5) is 18.4. The van der Waals surface area contributed by atoms with Crippen LogP contribution in [0.1, 0.15) is 52.3 Å². The second-order valence-corrected chi connectivity index (χ2v) is 6.74. The number of ether oxygens (including phenoxy) is 1. The van der Waals surface area contributed by atoms with E-state index >= 15 is 0 Å². The van der Waals surface area contributed by atoms with Gasteiger partial charge in [-0.05, 0) is 40.5 Å². The van der Waals surface area contributed by atoms with E-state index in [1.165, 1.54) is 0 Å². The molecule has 0 aromatic carbocycles. The minimum atomic E-state index is -0.470. The first-order valence-electron chi connectivity index (χ1n) is 7.42. The van der Waals surface area contributed by atoms with Crippen LogP contribution in [0.15, 0.2) is 24.7 Å². The van der Waals surface area contributed by atoms with Crippen LogP contribution in [-0.2, 0) is 11.3 Å². The van der Waals surface area contributed by atoms with Gasteiger partial charge in [-0.1, -0.05) is 12.2 Å². The summed E-state index contributed by atoms with van der Waals surface area (Å²) in [5, 5.41) is 0. The first kappa shape index (κ1) is 15.6. The topological polar surface area (TPSA) is 47.4 Å². The molecular formula is C16H25N3O2. The van der Waals surface area contributed by atoms with Gasteiger partial charge in [0.15, 0.2) is 0 Å². The second-order valence-electron chi connectivity index (χ2n) is 6.74. The molecule has 1 fully saturated rings. The maximum atomic E-state index is 12.4. The molecule has 1 aromatic heterocycles. The third-order valence-corrected chi connectivity index (χ3v) is 3.41. The first-order valence-corrected chi connectivity index (χ1v) is 7.42. The van der Waals surface area contributed by atoms with Crippen molar-refractivity contribution < 1.29 is 9.53 Å². The van der Waals surface area contributed by atoms with Crippen molar-refractivity contribution in [2.75, 3.05) is 6.54 Å². The average molecular weight is 291 g/mol. The molecule has 1 amide bonds. The predicted molar refractivity (Wildman–Crippen MR) is 82.0 cm³/mol. The van der Waals surface area contributed by atoms with E-state index in [1.54, 1.807) is 6.33 Å². The lowest BCUT2D eigenvalue weighted by molar-refractivity contribution is 0.0219. The molecule has 0 unspecified atom stereocenters. The fourth-order valence-corrected chi connectivity index (χ4v) is 2.64. The molecule has 0 saturated carbocycles. The Kier molecular flexibility index (Phi) is 4.40. The van der Waals surface area contributed by atoms with E-state index in [1.807, 2.05) is 38.8 Å². The van der Waals surface area contributed by atoms with Crippen molar-refractivity contribution in [2.24, 2.45) is 0 Å². The number of hydrogen-bond acceptors (Lipinski definition) is 3. The van der Waals surface area contributed by atoms with Gasteiger partial charge >= 0.3 is 6.09 Å². The maximum absolute atomic E-state index is 12.4. The van der Waals surface area contributed by atoms with Gasteiger partial charge in [-0.2, -0.15) is 0 Å². The zero-order chi connectivity index (χ0) is 15.6. The van der Waals surface area contributed by atoms with Crippen molar-refractivity contribution in [3.63, 3.8) is 0 Å². The van der Waals surface area contributed by atoms with Gasteiger partial charge in [-0.15, -0.1) is 0 Å². The van der Waals surface area contributed by atoms with Crippen LogP contribution < -0.4 is 0 Å². The highest BCUT2D eigenvalue weighted by atomic mass is 16.6. The van der Waals surface area contributed by atoms with Crippen LogP contribution in [0, 0.1) is 0 Å². The molecule has 1 aliphatic heterocycles. The van der Waals surface area contributed by atoms with E-state index in [9.17, 15) is 4.79 Å². The predicted octanol–water partition coefficient (Wildman–Crippen LogP) is 3.53. The van der Waals surface area contributed by atoms with E-state index in [2.05, 4.69) is 16.1 Å². The summed E-state index contributed by atoms with van der Waals surface area (Å²) in [6, 6.07) is 0.0432. The van der Waals surface area contributed by atoms with Gasteiger partial charge < -0.3 is 9.30 Å². The monoisotopic (exact) mass is 291 g/mol. The molecule has 2 heterocycles. The zero-order valence-corrected chi connectivity index (χ0v) is 13.4. The minimum Gasteiger partial charge on any atom is -0.444 e. The Hall–Kier alpha value is -1.78. The van der Waals surface area contributed by atoms with Crippen LogP contribution in [0.5, 0.6) is 0 Å². The zero-order valence-electron chi connectivity index (χ0n) is 13.4. The van der Waals surface area contributed by atoms with Gasteiger partial charge in [0, 0.05) is 13.1 Å². The van der Waals surface area contributed by atoms with E-state index in [0.717, 1.165) is 37.2 Å². The van der Waals surface area contributed by atoms with Crippen LogP contribution in [0.25, 0.3) is 0 Å². The molecule has 0 spiro atoms. The Morgan fingerprint density at radius 3 is 2.86 bits per heavy atom. The molecule has 1 aromatic rings. The lowest BCUT2D eigenvalue weighted by Crippen LogP contribution is -2.37. The first-order chi connectivity index (χ1) is 9.78. The Balaban J connectivity index is 2.17. The highest BCUT2D eigenvalue weighted by Gasteiger charge is 2.34. The number of imidazole rings is 1. The van der Waals surface area contributed by atoms with E-state index in [4.69, 9.17) is 4.74 Å². The van der Waals surface area contributed by atoms with Crippen LogP contribution in [0.4, 0.5) is 4.79 Å². The molecule has 1 aliphatic rings. The molecule has 0 bridgehead atoms. The summed E-state index contributed by atoms with van der Waals surface area (Å²) in [5.74, 6) is 0. The molecule has 5 heteroatoms. The maximum Gasteiger partial charge on any atom is 0.410 e. The smallest absolute Gasteiger partial charge is 0.410 e. The van der Waals surface area contributed by atoms with Crippen molar-refractivity contribution in [2.45, 2.75) is 58.7 Å². The molecule has 116 valence electrons. The number of allylic oxidation sites excluding steroid dienone is 1. The van der Waals surface area contributed by atoms with E-state index in [-0.39, 0.29) is 12.1 Å². The van der Waals surface area contributed by atoms with Crippen molar-refractivity contribution >= 4 is 6.09 Å². The standard InChI is InChI=1S/C16H25N3O2/c1-12(2)10-18-11-17-9-14(18)13-7-6-8-19(13)15(20)21-16(3,4)5/h9,11,13H,1,6-8,10H2,2-5H3/t13-/m0/s1. The second kappa shape index (κ2) is 5.92. The number of rotatable bonds is 3. The largest absolute Gasteiger partial charge is 0.444 e. The summed E-state index contributed by atoms with van der Waals surface area (Å²) >= 11 is 0. The molecule has 1 saturated heterocycles. The van der Waals surface area contributed by atoms with E-state index < -0.39 is 5.60 Å². The third kappa shape index (κ3) is 3.86. The molecule has 1 atom stereocenters. The third-order valence-electron chi connectivity index (χ3n) is 3.41. The SMILES string of the molecule is C=C(C)Cn1cncc1[C@@H]1CCCN1C(=O)OC(C)(C)C.